The van der Waals surface area contributed by atoms with Gasteiger partial charge in [0.25, 0.3) is 11.5 Å². The lowest BCUT2D eigenvalue weighted by Gasteiger charge is -2.38. The lowest BCUT2D eigenvalue weighted by Crippen LogP contribution is -2.57. The topological polar surface area (TPSA) is 85.3 Å². The third-order valence-corrected chi connectivity index (χ3v) is 7.37. The Hall–Kier alpha value is -2.98. The fourth-order valence-corrected chi connectivity index (χ4v) is 4.86. The Balaban J connectivity index is 1.51. The van der Waals surface area contributed by atoms with Crippen LogP contribution in [-0.4, -0.2) is 62.0 Å². The third-order valence-electron chi connectivity index (χ3n) is 7.06. The van der Waals surface area contributed by atoms with E-state index in [9.17, 15) is 27.9 Å². The van der Waals surface area contributed by atoms with Gasteiger partial charge in [-0.3, -0.25) is 4.79 Å². The van der Waals surface area contributed by atoms with E-state index in [0.29, 0.717) is 25.2 Å². The molecule has 1 saturated heterocycles. The van der Waals surface area contributed by atoms with Crippen molar-refractivity contribution in [3.8, 4) is 11.5 Å². The molecule has 3 rings (SSSR count). The van der Waals surface area contributed by atoms with Crippen LogP contribution in [0, 0.1) is 11.8 Å². The number of ether oxygens (including phenoxy) is 3. The Morgan fingerprint density at radius 1 is 1.10 bits per heavy atom. The molecule has 1 N–H and O–H groups in total. The molecule has 0 aromatic heterocycles. The molecule has 0 saturated carbocycles. The van der Waals surface area contributed by atoms with Crippen molar-refractivity contribution in [1.82, 2.24) is 4.90 Å². The number of carbonyl (C=O) groups is 2. The monoisotopic (exact) mass is 571 g/mol. The first-order chi connectivity index (χ1) is 18.4. The lowest BCUT2D eigenvalue weighted by atomic mass is 9.87. The van der Waals surface area contributed by atoms with E-state index in [1.165, 1.54) is 32.4 Å². The van der Waals surface area contributed by atoms with Gasteiger partial charge in [0.15, 0.2) is 0 Å². The van der Waals surface area contributed by atoms with Crippen molar-refractivity contribution in [3.05, 3.63) is 58.6 Å². The molecule has 0 aliphatic carbocycles. The number of nitrogens with zero attached hydrogens (tertiary/aromatic N) is 1. The molecule has 214 valence electrons. The molecule has 1 fully saturated rings. The average Bonchev–Trinajstić information content (AvgIpc) is 2.93. The summed E-state index contributed by atoms with van der Waals surface area (Å²) >= 11 is 6.12. The van der Waals surface area contributed by atoms with E-state index in [1.54, 1.807) is 12.1 Å². The maximum absolute atomic E-state index is 14.0. The molecule has 0 bridgehead atoms. The van der Waals surface area contributed by atoms with Crippen molar-refractivity contribution in [1.29, 1.82) is 0 Å². The minimum Gasteiger partial charge on any atom is -0.497 e. The molecule has 1 amide bonds. The second kappa shape index (κ2) is 12.9. The number of hydrogen-bond donors (Lipinski definition) is 1. The first-order valence-electron chi connectivity index (χ1n) is 12.6. The first kappa shape index (κ1) is 30.6. The lowest BCUT2D eigenvalue weighted by molar-refractivity contribution is -0.262. The standard InChI is InChI=1S/C28H33ClF3NO6/c1-18(17-39-22-9-10-23(24(29)16-22)25(34)38-3)7-8-19-11-13-33(14-12-19)26(35)27(36,28(30,31)32)20-5-4-6-21(15-20)37-2/h4-6,9-10,15-16,18-19,36H,7-8,11-14,17H2,1-3H3/t18-,27+/m0/s1. The van der Waals surface area contributed by atoms with E-state index in [-0.39, 0.29) is 41.3 Å². The van der Waals surface area contributed by atoms with Gasteiger partial charge in [-0.25, -0.2) is 4.79 Å². The summed E-state index contributed by atoms with van der Waals surface area (Å²) in [6.45, 7) is 2.70. The van der Waals surface area contributed by atoms with Crippen LogP contribution in [0.15, 0.2) is 42.5 Å². The number of piperidine rings is 1. The SMILES string of the molecule is COC(=O)c1ccc(OC[C@@H](C)CCC2CCN(C(=O)[C@](O)(c3cccc(OC)c3)C(F)(F)F)CC2)cc1Cl. The number of benzene rings is 2. The van der Waals surface area contributed by atoms with Crippen LogP contribution in [0.25, 0.3) is 0 Å². The predicted octanol–water partition coefficient (Wildman–Crippen LogP) is 5.62. The van der Waals surface area contributed by atoms with Gasteiger partial charge < -0.3 is 24.2 Å². The van der Waals surface area contributed by atoms with Gasteiger partial charge in [0.1, 0.15) is 11.5 Å². The molecule has 2 atom stereocenters. The number of halogens is 4. The Bertz CT molecular complexity index is 1150. The number of likely N-dealkylation sites (tertiary alicyclic amines) is 1. The van der Waals surface area contributed by atoms with Crippen LogP contribution in [-0.2, 0) is 15.1 Å². The number of methoxy groups -OCH3 is 2. The molecular weight excluding hydrogens is 539 g/mol. The Morgan fingerprint density at radius 2 is 1.79 bits per heavy atom. The van der Waals surface area contributed by atoms with Gasteiger partial charge >= 0.3 is 12.1 Å². The Morgan fingerprint density at radius 3 is 2.38 bits per heavy atom. The van der Waals surface area contributed by atoms with E-state index >= 15 is 0 Å². The van der Waals surface area contributed by atoms with E-state index < -0.39 is 29.2 Å². The van der Waals surface area contributed by atoms with Crippen LogP contribution < -0.4 is 9.47 Å². The largest absolute Gasteiger partial charge is 0.497 e. The van der Waals surface area contributed by atoms with Gasteiger partial charge in [-0.05, 0) is 67.9 Å². The van der Waals surface area contributed by atoms with Gasteiger partial charge in [-0.1, -0.05) is 30.7 Å². The van der Waals surface area contributed by atoms with Crippen molar-refractivity contribution >= 4 is 23.5 Å². The highest BCUT2D eigenvalue weighted by atomic mass is 35.5. The van der Waals surface area contributed by atoms with Crippen molar-refractivity contribution in [2.45, 2.75) is 44.4 Å². The molecule has 39 heavy (non-hydrogen) atoms. The quantitative estimate of drug-likeness (QED) is 0.373. The smallest absolute Gasteiger partial charge is 0.430 e. The number of hydrogen-bond acceptors (Lipinski definition) is 6. The normalized spacial score (nSPS) is 16.8. The van der Waals surface area contributed by atoms with Crippen LogP contribution >= 0.6 is 11.6 Å². The van der Waals surface area contributed by atoms with Crippen LogP contribution in [0.2, 0.25) is 5.02 Å². The molecule has 1 aliphatic heterocycles. The molecule has 2 aromatic rings. The second-order valence-electron chi connectivity index (χ2n) is 9.80. The molecule has 2 aromatic carbocycles. The van der Waals surface area contributed by atoms with Crippen molar-refractivity contribution in [3.63, 3.8) is 0 Å². The number of aliphatic hydroxyl groups is 1. The summed E-state index contributed by atoms with van der Waals surface area (Å²) in [5.74, 6) is -0.842. The zero-order valence-electron chi connectivity index (χ0n) is 22.1. The van der Waals surface area contributed by atoms with Crippen LogP contribution in [0.3, 0.4) is 0 Å². The molecule has 7 nitrogen and oxygen atoms in total. The van der Waals surface area contributed by atoms with Crippen LogP contribution in [0.1, 0.15) is 48.5 Å². The number of amides is 1. The zero-order valence-corrected chi connectivity index (χ0v) is 22.8. The third kappa shape index (κ3) is 7.16. The molecule has 11 heteroatoms. The summed E-state index contributed by atoms with van der Waals surface area (Å²) in [5, 5.41) is 10.9. The Labute approximate surface area is 230 Å². The van der Waals surface area contributed by atoms with Crippen LogP contribution in [0.5, 0.6) is 11.5 Å². The minimum absolute atomic E-state index is 0.112. The fourth-order valence-electron chi connectivity index (χ4n) is 4.61. The molecule has 0 radical (unpaired) electrons. The molecule has 1 heterocycles. The molecule has 0 spiro atoms. The predicted molar refractivity (Wildman–Crippen MR) is 139 cm³/mol. The van der Waals surface area contributed by atoms with Crippen molar-refractivity contribution in [2.24, 2.45) is 11.8 Å². The summed E-state index contributed by atoms with van der Waals surface area (Å²) in [7, 11) is 2.57. The summed E-state index contributed by atoms with van der Waals surface area (Å²) in [6, 6.07) is 9.59. The minimum atomic E-state index is -5.20. The van der Waals surface area contributed by atoms with Gasteiger partial charge in [0.05, 0.1) is 31.4 Å². The van der Waals surface area contributed by atoms with Crippen molar-refractivity contribution in [2.75, 3.05) is 33.9 Å². The van der Waals surface area contributed by atoms with Gasteiger partial charge in [-0.15, -0.1) is 0 Å². The highest BCUT2D eigenvalue weighted by Crippen LogP contribution is 2.42. The zero-order chi connectivity index (χ0) is 28.8. The van der Waals surface area contributed by atoms with Gasteiger partial charge in [-0.2, -0.15) is 13.2 Å². The van der Waals surface area contributed by atoms with Gasteiger partial charge in [0, 0.05) is 18.7 Å². The summed E-state index contributed by atoms with van der Waals surface area (Å²) < 4.78 is 57.5. The molecular formula is C28H33ClF3NO6. The molecule has 1 aliphatic rings. The summed E-state index contributed by atoms with van der Waals surface area (Å²) in [4.78, 5) is 25.8. The average molecular weight is 572 g/mol. The second-order valence-corrected chi connectivity index (χ2v) is 10.2. The number of carbonyl (C=O) groups excluding carboxylic acids is 2. The van der Waals surface area contributed by atoms with Crippen LogP contribution in [0.4, 0.5) is 13.2 Å². The Kier molecular flexibility index (Phi) is 10.1. The first-order valence-corrected chi connectivity index (χ1v) is 13.0. The van der Waals surface area contributed by atoms with E-state index in [1.807, 2.05) is 6.92 Å². The number of esters is 1. The molecule has 0 unspecified atom stereocenters. The van der Waals surface area contributed by atoms with Crippen molar-refractivity contribution < 1.29 is 42.1 Å². The van der Waals surface area contributed by atoms with E-state index in [2.05, 4.69) is 4.74 Å². The fraction of sp³-hybridized carbons (Fsp3) is 0.500. The summed E-state index contributed by atoms with van der Waals surface area (Å²) in [6.07, 6.45) is -2.48. The van der Waals surface area contributed by atoms with Gasteiger partial charge in [0.2, 0.25) is 0 Å². The highest BCUT2D eigenvalue weighted by molar-refractivity contribution is 6.33. The maximum Gasteiger partial charge on any atom is 0.430 e. The van der Waals surface area contributed by atoms with E-state index in [0.717, 1.165) is 29.9 Å². The maximum atomic E-state index is 14.0. The highest BCUT2D eigenvalue weighted by Gasteiger charge is 2.62. The number of alkyl halides is 3. The van der Waals surface area contributed by atoms with E-state index in [4.69, 9.17) is 21.1 Å². The summed E-state index contributed by atoms with van der Waals surface area (Å²) in [5.41, 5.74) is -3.98. The number of rotatable bonds is 10.